The molecule has 0 amide bonds. The Bertz CT molecular complexity index is 431. The first kappa shape index (κ1) is 10.1. The van der Waals surface area contributed by atoms with Crippen LogP contribution in [0.15, 0.2) is 35.9 Å². The van der Waals surface area contributed by atoms with Crippen LogP contribution in [0.5, 0.6) is 0 Å². The lowest BCUT2D eigenvalue weighted by Gasteiger charge is -2.39. The minimum Gasteiger partial charge on any atom is -0.366 e. The average molecular weight is 202 g/mol. The monoisotopic (exact) mass is 202 g/mol. The van der Waals surface area contributed by atoms with Gasteiger partial charge in [-0.05, 0) is 19.4 Å². The molecule has 0 saturated heterocycles. The van der Waals surface area contributed by atoms with Crippen molar-refractivity contribution in [3.05, 3.63) is 41.5 Å². The van der Waals surface area contributed by atoms with Crippen LogP contribution in [0.3, 0.4) is 0 Å². The molecule has 0 bridgehead atoms. The summed E-state index contributed by atoms with van der Waals surface area (Å²) in [4.78, 5) is 11.7. The molecule has 0 saturated carbocycles. The summed E-state index contributed by atoms with van der Waals surface area (Å²) in [6, 6.07) is 9.90. The second-order valence-corrected chi connectivity index (χ2v) is 3.93. The highest BCUT2D eigenvalue weighted by atomic mass is 16.5. The van der Waals surface area contributed by atoms with Crippen molar-refractivity contribution in [2.75, 3.05) is 7.11 Å². The first-order valence-electron chi connectivity index (χ1n) is 4.98. The van der Waals surface area contributed by atoms with Gasteiger partial charge in [0.25, 0.3) is 0 Å². The SMILES string of the molecule is COC1(C)C(=O)C(C)=C1c1ccccc1. The molecule has 1 aromatic rings. The summed E-state index contributed by atoms with van der Waals surface area (Å²) in [6.07, 6.45) is 0. The highest BCUT2D eigenvalue weighted by Crippen LogP contribution is 2.43. The van der Waals surface area contributed by atoms with E-state index in [4.69, 9.17) is 4.74 Å². The predicted octanol–water partition coefficient (Wildman–Crippen LogP) is 2.45. The van der Waals surface area contributed by atoms with Gasteiger partial charge in [0.05, 0.1) is 0 Å². The van der Waals surface area contributed by atoms with Crippen molar-refractivity contribution in [3.8, 4) is 0 Å². The number of carbonyl (C=O) groups excluding carboxylic acids is 1. The van der Waals surface area contributed by atoms with Gasteiger partial charge < -0.3 is 4.74 Å². The summed E-state index contributed by atoms with van der Waals surface area (Å²) in [6.45, 7) is 3.68. The Balaban J connectivity index is 2.51. The van der Waals surface area contributed by atoms with Gasteiger partial charge >= 0.3 is 0 Å². The molecule has 0 radical (unpaired) electrons. The van der Waals surface area contributed by atoms with Crippen LogP contribution in [-0.4, -0.2) is 18.5 Å². The molecule has 0 aromatic heterocycles. The zero-order valence-corrected chi connectivity index (χ0v) is 9.20. The van der Waals surface area contributed by atoms with E-state index in [1.165, 1.54) is 0 Å². The van der Waals surface area contributed by atoms with E-state index in [0.717, 1.165) is 16.7 Å². The zero-order chi connectivity index (χ0) is 11.1. The minimum atomic E-state index is -0.745. The predicted molar refractivity (Wildman–Crippen MR) is 59.5 cm³/mol. The van der Waals surface area contributed by atoms with Crippen molar-refractivity contribution in [1.29, 1.82) is 0 Å². The summed E-state index contributed by atoms with van der Waals surface area (Å²) in [5.41, 5.74) is 2.14. The number of benzene rings is 1. The normalized spacial score (nSPS) is 25.4. The third-order valence-corrected chi connectivity index (χ3v) is 3.10. The fraction of sp³-hybridized carbons (Fsp3) is 0.308. The van der Waals surface area contributed by atoms with Gasteiger partial charge in [-0.1, -0.05) is 30.3 Å². The average Bonchev–Trinajstić information content (AvgIpc) is 2.29. The van der Waals surface area contributed by atoms with Gasteiger partial charge in [0.15, 0.2) is 11.4 Å². The lowest BCUT2D eigenvalue weighted by Crippen LogP contribution is -2.48. The molecule has 2 rings (SSSR count). The van der Waals surface area contributed by atoms with Crippen LogP contribution in [0.2, 0.25) is 0 Å². The third kappa shape index (κ3) is 1.25. The van der Waals surface area contributed by atoms with Crippen molar-refractivity contribution in [2.24, 2.45) is 0 Å². The van der Waals surface area contributed by atoms with Crippen molar-refractivity contribution in [2.45, 2.75) is 19.4 Å². The van der Waals surface area contributed by atoms with Crippen LogP contribution in [0.1, 0.15) is 19.4 Å². The Kier molecular flexibility index (Phi) is 2.24. The van der Waals surface area contributed by atoms with Crippen molar-refractivity contribution in [1.82, 2.24) is 0 Å². The Hall–Kier alpha value is -1.41. The summed E-state index contributed by atoms with van der Waals surface area (Å²) in [7, 11) is 1.58. The maximum absolute atomic E-state index is 11.7. The molecule has 78 valence electrons. The van der Waals surface area contributed by atoms with Gasteiger partial charge in [-0.15, -0.1) is 0 Å². The molecule has 0 aliphatic heterocycles. The van der Waals surface area contributed by atoms with Crippen molar-refractivity contribution < 1.29 is 9.53 Å². The van der Waals surface area contributed by atoms with Crippen molar-refractivity contribution in [3.63, 3.8) is 0 Å². The Morgan fingerprint density at radius 1 is 1.20 bits per heavy atom. The third-order valence-electron chi connectivity index (χ3n) is 3.10. The maximum atomic E-state index is 11.7. The lowest BCUT2D eigenvalue weighted by atomic mass is 9.70. The molecule has 2 heteroatoms. The topological polar surface area (TPSA) is 26.3 Å². The van der Waals surface area contributed by atoms with E-state index in [2.05, 4.69) is 0 Å². The molecular weight excluding hydrogens is 188 g/mol. The van der Waals surface area contributed by atoms with E-state index >= 15 is 0 Å². The number of ketones is 1. The molecular formula is C13H14O2. The van der Waals surface area contributed by atoms with Crippen LogP contribution in [0.4, 0.5) is 0 Å². The number of Topliss-reactive ketones (excluding diaryl/α,β-unsaturated/α-hetero) is 1. The van der Waals surface area contributed by atoms with Gasteiger partial charge in [-0.25, -0.2) is 0 Å². The lowest BCUT2D eigenvalue weighted by molar-refractivity contribution is -0.132. The number of rotatable bonds is 2. The summed E-state index contributed by atoms with van der Waals surface area (Å²) >= 11 is 0. The van der Waals surface area contributed by atoms with Gasteiger partial charge in [-0.3, -0.25) is 4.79 Å². The fourth-order valence-corrected chi connectivity index (χ4v) is 2.17. The second-order valence-electron chi connectivity index (χ2n) is 3.93. The Morgan fingerprint density at radius 3 is 2.33 bits per heavy atom. The smallest absolute Gasteiger partial charge is 0.195 e. The molecule has 2 nitrogen and oxygen atoms in total. The number of carbonyl (C=O) groups is 1. The highest BCUT2D eigenvalue weighted by Gasteiger charge is 2.48. The molecule has 1 aliphatic carbocycles. The molecule has 1 aromatic carbocycles. The van der Waals surface area contributed by atoms with E-state index in [1.807, 2.05) is 44.2 Å². The van der Waals surface area contributed by atoms with E-state index < -0.39 is 5.60 Å². The summed E-state index contributed by atoms with van der Waals surface area (Å²) in [5, 5.41) is 0. The standard InChI is InChI=1S/C13H14O2/c1-9-11(10-7-5-4-6-8-10)13(2,15-3)12(9)14/h4-8H,1-3H3. The number of hydrogen-bond acceptors (Lipinski definition) is 2. The maximum Gasteiger partial charge on any atom is 0.195 e. The molecule has 15 heavy (non-hydrogen) atoms. The van der Waals surface area contributed by atoms with E-state index in [9.17, 15) is 4.79 Å². The first-order chi connectivity index (χ1) is 7.11. The number of methoxy groups -OCH3 is 1. The largest absolute Gasteiger partial charge is 0.366 e. The number of ether oxygens (including phenoxy) is 1. The van der Waals surface area contributed by atoms with Gasteiger partial charge in [0.1, 0.15) is 0 Å². The second kappa shape index (κ2) is 3.31. The van der Waals surface area contributed by atoms with Gasteiger partial charge in [-0.2, -0.15) is 0 Å². The van der Waals surface area contributed by atoms with Gasteiger partial charge in [0.2, 0.25) is 0 Å². The quantitative estimate of drug-likeness (QED) is 0.736. The Morgan fingerprint density at radius 2 is 1.80 bits per heavy atom. The molecule has 0 heterocycles. The first-order valence-corrected chi connectivity index (χ1v) is 4.98. The minimum absolute atomic E-state index is 0.0869. The van der Waals surface area contributed by atoms with E-state index in [-0.39, 0.29) is 5.78 Å². The summed E-state index contributed by atoms with van der Waals surface area (Å²) in [5.74, 6) is 0.0869. The van der Waals surface area contributed by atoms with Crippen LogP contribution < -0.4 is 0 Å². The zero-order valence-electron chi connectivity index (χ0n) is 9.20. The van der Waals surface area contributed by atoms with Crippen LogP contribution in [0, 0.1) is 0 Å². The molecule has 0 fully saturated rings. The molecule has 1 atom stereocenters. The van der Waals surface area contributed by atoms with Crippen LogP contribution in [-0.2, 0) is 9.53 Å². The Labute approximate surface area is 89.6 Å². The number of hydrogen-bond donors (Lipinski definition) is 0. The van der Waals surface area contributed by atoms with Crippen LogP contribution in [0.25, 0.3) is 5.57 Å². The molecule has 0 spiro atoms. The van der Waals surface area contributed by atoms with E-state index in [0.29, 0.717) is 0 Å². The van der Waals surface area contributed by atoms with E-state index in [1.54, 1.807) is 7.11 Å². The summed E-state index contributed by atoms with van der Waals surface area (Å²) < 4.78 is 5.32. The highest BCUT2D eigenvalue weighted by molar-refractivity contribution is 6.24. The molecule has 1 unspecified atom stereocenters. The van der Waals surface area contributed by atoms with Gasteiger partial charge in [0, 0.05) is 18.3 Å². The fourth-order valence-electron chi connectivity index (χ4n) is 2.17. The van der Waals surface area contributed by atoms with Crippen LogP contribution >= 0.6 is 0 Å². The molecule has 1 aliphatic rings. The molecule has 0 N–H and O–H groups in total. The van der Waals surface area contributed by atoms with Crippen molar-refractivity contribution >= 4 is 11.4 Å².